The van der Waals surface area contributed by atoms with Crippen LogP contribution in [0.5, 0.6) is 0 Å². The van der Waals surface area contributed by atoms with E-state index in [0.717, 1.165) is 42.9 Å². The van der Waals surface area contributed by atoms with Gasteiger partial charge in [0.25, 0.3) is 0 Å². The van der Waals surface area contributed by atoms with Crippen LogP contribution in [0.3, 0.4) is 0 Å². The molecule has 3 N–H and O–H groups in total. The molecule has 0 fully saturated rings. The number of nitrogens with one attached hydrogen (secondary N) is 1. The molecule has 2 aliphatic heterocycles. The van der Waals surface area contributed by atoms with E-state index in [9.17, 15) is 4.79 Å². The lowest BCUT2D eigenvalue weighted by molar-refractivity contribution is 0.0326. The summed E-state index contributed by atoms with van der Waals surface area (Å²) in [5, 5.41) is 3.30. The Morgan fingerprint density at radius 2 is 2.18 bits per heavy atom. The first kappa shape index (κ1) is 16.6. The van der Waals surface area contributed by atoms with Crippen molar-refractivity contribution in [2.45, 2.75) is 46.1 Å². The third-order valence-electron chi connectivity index (χ3n) is 3.73. The van der Waals surface area contributed by atoms with Crippen LogP contribution >= 0.6 is 0 Å². The largest absolute Gasteiger partial charge is 0.443 e. The van der Waals surface area contributed by atoms with E-state index in [1.54, 1.807) is 4.90 Å². The number of rotatable bonds is 2. The maximum absolute atomic E-state index is 12.5. The van der Waals surface area contributed by atoms with Crippen LogP contribution in [-0.4, -0.2) is 36.2 Å². The number of carbonyl (C=O) groups excluding carboxylic acids is 1. The number of hydrogen-bond acceptors (Lipinski definition) is 4. The third kappa shape index (κ3) is 3.91. The minimum Gasteiger partial charge on any atom is -0.443 e. The Bertz CT molecular complexity index is 539. The zero-order chi connectivity index (χ0) is 16.3. The summed E-state index contributed by atoms with van der Waals surface area (Å²) in [4.78, 5) is 14.2. The molecular formula is C17H27N3O2. The Morgan fingerprint density at radius 3 is 2.73 bits per heavy atom. The molecule has 1 amide bonds. The van der Waals surface area contributed by atoms with Gasteiger partial charge in [0.05, 0.1) is 12.2 Å². The third-order valence-corrected chi connectivity index (χ3v) is 3.73. The molecule has 0 atom stereocenters. The number of nitrogens with two attached hydrogens (primary N) is 1. The fraction of sp³-hybridized carbons (Fsp3) is 0.588. The molecule has 0 saturated carbocycles. The van der Waals surface area contributed by atoms with Crippen LogP contribution in [0.2, 0.25) is 0 Å². The van der Waals surface area contributed by atoms with Gasteiger partial charge in [-0.3, -0.25) is 4.90 Å². The molecule has 2 heterocycles. The van der Waals surface area contributed by atoms with Crippen molar-refractivity contribution < 1.29 is 9.53 Å². The smallest absolute Gasteiger partial charge is 0.415 e. The summed E-state index contributed by atoms with van der Waals surface area (Å²) in [6.45, 7) is 9.85. The molecule has 2 aliphatic rings. The molecule has 22 heavy (non-hydrogen) atoms. The molecule has 122 valence electrons. The first-order valence-electron chi connectivity index (χ1n) is 7.91. The Kier molecular flexibility index (Phi) is 4.96. The minimum atomic E-state index is -0.520. The van der Waals surface area contributed by atoms with Gasteiger partial charge in [-0.15, -0.1) is 0 Å². The number of nitrogens with zero attached hydrogens (tertiary/aromatic N) is 1. The van der Waals surface area contributed by atoms with Crippen molar-refractivity contribution >= 4 is 6.09 Å². The zero-order valence-corrected chi connectivity index (χ0v) is 14.0. The van der Waals surface area contributed by atoms with Crippen LogP contribution in [0.25, 0.3) is 0 Å². The fourth-order valence-corrected chi connectivity index (χ4v) is 2.62. The van der Waals surface area contributed by atoms with Crippen LogP contribution in [0.4, 0.5) is 4.79 Å². The molecule has 0 aromatic heterocycles. The van der Waals surface area contributed by atoms with E-state index >= 15 is 0 Å². The standard InChI is InChI=1S/C17H27N3O2/c1-5-12-10-15(13-6-8-19-9-7-13)20(11-14(12)18)16(21)22-17(2,3)4/h6,10,19H,5,7-9,11,18H2,1-4H3. The van der Waals surface area contributed by atoms with Crippen molar-refractivity contribution in [1.82, 2.24) is 10.2 Å². The lowest BCUT2D eigenvalue weighted by atomic mass is 9.97. The van der Waals surface area contributed by atoms with E-state index in [4.69, 9.17) is 10.5 Å². The van der Waals surface area contributed by atoms with Crippen molar-refractivity contribution in [1.29, 1.82) is 0 Å². The monoisotopic (exact) mass is 305 g/mol. The summed E-state index contributed by atoms with van der Waals surface area (Å²) in [6.07, 6.45) is 5.61. The predicted molar refractivity (Wildman–Crippen MR) is 88.1 cm³/mol. The summed E-state index contributed by atoms with van der Waals surface area (Å²) in [6, 6.07) is 0. The molecule has 5 nitrogen and oxygen atoms in total. The van der Waals surface area contributed by atoms with Gasteiger partial charge in [-0.1, -0.05) is 13.0 Å². The van der Waals surface area contributed by atoms with E-state index in [2.05, 4.69) is 18.3 Å². The number of ether oxygens (including phenoxy) is 1. The molecule has 0 aliphatic carbocycles. The van der Waals surface area contributed by atoms with Gasteiger partial charge in [0, 0.05) is 12.2 Å². The van der Waals surface area contributed by atoms with Crippen LogP contribution in [0, 0.1) is 0 Å². The molecule has 0 saturated heterocycles. The molecule has 0 aromatic rings. The summed E-state index contributed by atoms with van der Waals surface area (Å²) in [7, 11) is 0. The van der Waals surface area contributed by atoms with Crippen molar-refractivity contribution in [3.05, 3.63) is 34.7 Å². The number of carbonyl (C=O) groups is 1. The summed E-state index contributed by atoms with van der Waals surface area (Å²) in [5.41, 5.74) is 9.57. The van der Waals surface area contributed by atoms with Crippen molar-refractivity contribution in [3.8, 4) is 0 Å². The van der Waals surface area contributed by atoms with Crippen LogP contribution in [0.1, 0.15) is 40.5 Å². The van der Waals surface area contributed by atoms with Gasteiger partial charge in [0.2, 0.25) is 0 Å². The molecule has 0 spiro atoms. The first-order valence-corrected chi connectivity index (χ1v) is 7.91. The van der Waals surface area contributed by atoms with Crippen LogP contribution in [0.15, 0.2) is 34.7 Å². The molecule has 5 heteroatoms. The van der Waals surface area contributed by atoms with E-state index in [1.165, 1.54) is 5.57 Å². The second-order valence-corrected chi connectivity index (χ2v) is 6.68. The maximum Gasteiger partial charge on any atom is 0.415 e. The van der Waals surface area contributed by atoms with Crippen LogP contribution in [-0.2, 0) is 4.74 Å². The Balaban J connectivity index is 2.32. The summed E-state index contributed by atoms with van der Waals surface area (Å²) < 4.78 is 5.54. The highest BCUT2D eigenvalue weighted by molar-refractivity contribution is 5.73. The second kappa shape index (κ2) is 6.57. The number of amides is 1. The SMILES string of the molecule is CCC1=C(N)CN(C(=O)OC(C)(C)C)C(C2=CCNCC2)=C1. The first-order chi connectivity index (χ1) is 10.3. The number of hydrogen-bond donors (Lipinski definition) is 2. The van der Waals surface area contributed by atoms with E-state index in [0.29, 0.717) is 6.54 Å². The van der Waals surface area contributed by atoms with E-state index in [1.807, 2.05) is 26.8 Å². The van der Waals surface area contributed by atoms with Crippen LogP contribution < -0.4 is 11.1 Å². The highest BCUT2D eigenvalue weighted by atomic mass is 16.6. The summed E-state index contributed by atoms with van der Waals surface area (Å²) in [5.74, 6) is 0. The second-order valence-electron chi connectivity index (χ2n) is 6.68. The topological polar surface area (TPSA) is 67.6 Å². The lowest BCUT2D eigenvalue weighted by Gasteiger charge is -2.34. The van der Waals surface area contributed by atoms with Gasteiger partial charge in [-0.25, -0.2) is 4.79 Å². The normalized spacial score (nSPS) is 19.7. The molecule has 0 unspecified atom stereocenters. The minimum absolute atomic E-state index is 0.337. The Labute approximate surface area is 132 Å². The quantitative estimate of drug-likeness (QED) is 0.823. The molecular weight excluding hydrogens is 278 g/mol. The predicted octanol–water partition coefficient (Wildman–Crippen LogP) is 2.66. The fourth-order valence-electron chi connectivity index (χ4n) is 2.62. The maximum atomic E-state index is 12.5. The zero-order valence-electron chi connectivity index (χ0n) is 14.0. The molecule has 0 radical (unpaired) electrons. The molecule has 2 rings (SSSR count). The van der Waals surface area contributed by atoms with Crippen molar-refractivity contribution in [2.75, 3.05) is 19.6 Å². The lowest BCUT2D eigenvalue weighted by Crippen LogP contribution is -2.41. The van der Waals surface area contributed by atoms with E-state index < -0.39 is 5.60 Å². The molecule has 0 aromatic carbocycles. The van der Waals surface area contributed by atoms with Gasteiger partial charge >= 0.3 is 6.09 Å². The van der Waals surface area contributed by atoms with Crippen molar-refractivity contribution in [2.24, 2.45) is 5.73 Å². The highest BCUT2D eigenvalue weighted by Gasteiger charge is 2.30. The summed E-state index contributed by atoms with van der Waals surface area (Å²) >= 11 is 0. The van der Waals surface area contributed by atoms with Crippen molar-refractivity contribution in [3.63, 3.8) is 0 Å². The number of allylic oxidation sites excluding steroid dienone is 3. The van der Waals surface area contributed by atoms with Gasteiger partial charge in [-0.05, 0) is 57.4 Å². The average Bonchev–Trinajstić information content (AvgIpc) is 2.46. The Hall–Kier alpha value is -1.75. The van der Waals surface area contributed by atoms with Gasteiger partial charge in [0.15, 0.2) is 0 Å². The highest BCUT2D eigenvalue weighted by Crippen LogP contribution is 2.29. The van der Waals surface area contributed by atoms with E-state index in [-0.39, 0.29) is 6.09 Å². The van der Waals surface area contributed by atoms with Gasteiger partial charge in [0.1, 0.15) is 5.60 Å². The molecule has 0 bridgehead atoms. The average molecular weight is 305 g/mol. The van der Waals surface area contributed by atoms with Gasteiger partial charge < -0.3 is 15.8 Å². The van der Waals surface area contributed by atoms with Gasteiger partial charge in [-0.2, -0.15) is 0 Å². The Morgan fingerprint density at radius 1 is 1.45 bits per heavy atom.